The van der Waals surface area contributed by atoms with E-state index in [0.29, 0.717) is 39.6 Å². The van der Waals surface area contributed by atoms with Crippen molar-refractivity contribution in [3.8, 4) is 45.0 Å². The van der Waals surface area contributed by atoms with Gasteiger partial charge in [-0.3, -0.25) is 0 Å². The van der Waals surface area contributed by atoms with Crippen molar-refractivity contribution in [2.45, 2.75) is 25.7 Å². The molecule has 0 saturated heterocycles. The molecule has 16 rings (SSSR count). The number of hydrogen-bond acceptors (Lipinski definition) is 6. The summed E-state index contributed by atoms with van der Waals surface area (Å²) >= 11 is 3.24. The Kier molecular flexibility index (Phi) is 23.8. The predicted octanol–water partition coefficient (Wildman–Crippen LogP) is 17.8. The Labute approximate surface area is 636 Å². The number of fused-ring (bicyclic) bond motifs is 12. The van der Waals surface area contributed by atoms with Gasteiger partial charge in [-0.15, -0.1) is 0 Å². The molecule has 10 nitrogen and oxygen atoms in total. The van der Waals surface area contributed by atoms with E-state index in [-0.39, 0.29) is 59.4 Å². The van der Waals surface area contributed by atoms with Crippen LogP contribution in [0.15, 0.2) is 279 Å². The van der Waals surface area contributed by atoms with Crippen LogP contribution < -0.4 is 51.4 Å². The van der Waals surface area contributed by atoms with Crippen molar-refractivity contribution in [1.82, 2.24) is 18.3 Å². The standard InChI is InChI=1S/C44H40N2O3.C39H30N2O.C5H11BrO2.K.H/c1-47-27-28-49-30-29-48-26-8-9-32-16-25-44-40(31-32)39-12-4-7-15-43(39)46(44)36-23-19-34(20-24-36)33-17-21-35(22-18-33)45-41-13-5-2-10-37(41)38-11-3-6-14-42(38)45;42-25-7-8-27-15-24-39-35(26-27)34-11-3-6-14-38(34)41(39)31-22-18-29(19-23-31)28-16-20-30(21-17-28)40-36-12-4-1-9-32(36)33-10-2-5-13-37(33)40;1-7-4-5-8-3-2-6;;/h2-7,10-25,31H,8-9,26-30H2,1H3;1-6,9-24,26,42H,7-8,25H2;2-5H2,1H3;;/q;;;+1;-1. The average molecular weight is 1410 g/mol. The third-order valence-electron chi connectivity index (χ3n) is 18.6. The van der Waals surface area contributed by atoms with Crippen LogP contribution in [0, 0.1) is 0 Å². The molecule has 4 aromatic heterocycles. The number of aliphatic hydroxyl groups excluding tert-OH is 1. The molecule has 0 spiro atoms. The van der Waals surface area contributed by atoms with Crippen LogP contribution in [0.5, 0.6) is 0 Å². The van der Waals surface area contributed by atoms with Gasteiger partial charge in [0, 0.05) is 98.6 Å². The Balaban J connectivity index is 0.000000171. The maximum absolute atomic E-state index is 9.30. The third-order valence-corrected chi connectivity index (χ3v) is 19.0. The molecule has 498 valence electrons. The minimum Gasteiger partial charge on any atom is -1.00 e. The van der Waals surface area contributed by atoms with Crippen LogP contribution >= 0.6 is 15.9 Å². The van der Waals surface area contributed by atoms with E-state index in [9.17, 15) is 5.11 Å². The summed E-state index contributed by atoms with van der Waals surface area (Å²) in [5.41, 5.74) is 21.8. The molecular formula is C88H82BrKN4O6. The van der Waals surface area contributed by atoms with Gasteiger partial charge in [-0.1, -0.05) is 186 Å². The maximum atomic E-state index is 9.30. The largest absolute Gasteiger partial charge is 1.00 e. The summed E-state index contributed by atoms with van der Waals surface area (Å²) in [6.07, 6.45) is 3.62. The molecule has 12 aromatic carbocycles. The molecule has 1 N–H and O–H groups in total. The molecule has 0 radical (unpaired) electrons. The van der Waals surface area contributed by atoms with Crippen molar-refractivity contribution < 1.29 is 81.6 Å². The van der Waals surface area contributed by atoms with E-state index in [0.717, 1.165) is 61.3 Å². The maximum Gasteiger partial charge on any atom is 1.00 e. The Morgan fingerprint density at radius 1 is 0.290 bits per heavy atom. The van der Waals surface area contributed by atoms with Gasteiger partial charge in [0.25, 0.3) is 0 Å². The Morgan fingerprint density at radius 3 is 0.850 bits per heavy atom. The predicted molar refractivity (Wildman–Crippen MR) is 416 cm³/mol. The van der Waals surface area contributed by atoms with Gasteiger partial charge in [-0.2, -0.15) is 0 Å². The number of para-hydroxylation sites is 6. The smallest absolute Gasteiger partial charge is 1.00 e. The molecule has 0 atom stereocenters. The number of nitrogens with zero attached hydrogens (tertiary/aromatic N) is 4. The molecule has 0 amide bonds. The molecule has 0 aliphatic carbocycles. The van der Waals surface area contributed by atoms with Crippen LogP contribution in [0.25, 0.3) is 132 Å². The van der Waals surface area contributed by atoms with E-state index in [4.69, 9.17) is 23.7 Å². The molecule has 0 aliphatic rings. The number of halogens is 1. The molecular weight excluding hydrogens is 1330 g/mol. The Morgan fingerprint density at radius 2 is 0.550 bits per heavy atom. The second kappa shape index (κ2) is 33.9. The SMILES string of the molecule is COCCOCCBr.COCCOCCOCCCc1ccc2c(c1)c1ccccc1n2-c1ccc(-c2ccc(-n3c4ccccc4c4ccccc43)cc2)cc1.OCCCc1ccc2c(c1)c1ccccc1n2-c1ccc(-c2ccc(-n3c4ccccc4c4ccccc43)cc2)cc1.[H-].[K+]. The topological polar surface area (TPSA) is 86.1 Å². The normalized spacial score (nSPS) is 11.5. The van der Waals surface area contributed by atoms with Crippen molar-refractivity contribution in [3.63, 3.8) is 0 Å². The van der Waals surface area contributed by atoms with Crippen LogP contribution in [0.1, 0.15) is 25.4 Å². The van der Waals surface area contributed by atoms with Crippen molar-refractivity contribution in [3.05, 3.63) is 290 Å². The quantitative estimate of drug-likeness (QED) is 0.0369. The minimum atomic E-state index is 0. The van der Waals surface area contributed by atoms with E-state index in [2.05, 4.69) is 313 Å². The van der Waals surface area contributed by atoms with Gasteiger partial charge in [-0.05, 0) is 168 Å². The van der Waals surface area contributed by atoms with Crippen LogP contribution in [0.3, 0.4) is 0 Å². The minimum absolute atomic E-state index is 0. The molecule has 100 heavy (non-hydrogen) atoms. The molecule has 0 saturated carbocycles. The van der Waals surface area contributed by atoms with E-state index in [1.807, 2.05) is 0 Å². The van der Waals surface area contributed by atoms with Crippen molar-refractivity contribution >= 4 is 103 Å². The summed E-state index contributed by atoms with van der Waals surface area (Å²) in [5, 5.41) is 20.4. The van der Waals surface area contributed by atoms with Crippen LogP contribution in [0.2, 0.25) is 0 Å². The zero-order valence-corrected chi connectivity index (χ0v) is 61.8. The Hall–Kier alpha value is -8.28. The number of rotatable bonds is 24. The Bertz CT molecular complexity index is 5260. The number of benzene rings is 12. The van der Waals surface area contributed by atoms with Crippen molar-refractivity contribution in [1.29, 1.82) is 0 Å². The number of alkyl halides is 1. The summed E-state index contributed by atoms with van der Waals surface area (Å²) in [6, 6.07) is 101. The van der Waals surface area contributed by atoms with Gasteiger partial charge >= 0.3 is 51.4 Å². The van der Waals surface area contributed by atoms with Gasteiger partial charge in [-0.25, -0.2) is 0 Å². The van der Waals surface area contributed by atoms with Crippen LogP contribution in [0.4, 0.5) is 0 Å². The first-order valence-electron chi connectivity index (χ1n) is 34.3. The number of aliphatic hydroxyl groups is 1. The molecule has 0 aliphatic heterocycles. The fourth-order valence-electron chi connectivity index (χ4n) is 13.9. The van der Waals surface area contributed by atoms with Gasteiger partial charge < -0.3 is 48.5 Å². The number of methoxy groups -OCH3 is 2. The second-order valence-corrected chi connectivity index (χ2v) is 25.6. The van der Waals surface area contributed by atoms with Gasteiger partial charge in [0.05, 0.1) is 90.4 Å². The van der Waals surface area contributed by atoms with Crippen molar-refractivity contribution in [2.75, 3.05) is 79.0 Å². The molecule has 12 heteroatoms. The second-order valence-electron chi connectivity index (χ2n) is 24.8. The molecule has 0 fully saturated rings. The molecule has 0 bridgehead atoms. The number of aromatic nitrogens is 4. The van der Waals surface area contributed by atoms with Crippen LogP contribution in [-0.2, 0) is 36.5 Å². The molecule has 16 aromatic rings. The summed E-state index contributed by atoms with van der Waals surface area (Å²) in [4.78, 5) is 0. The number of hydrogen-bond donors (Lipinski definition) is 1. The first-order valence-corrected chi connectivity index (χ1v) is 35.4. The van der Waals surface area contributed by atoms with Crippen LogP contribution in [-0.4, -0.2) is 102 Å². The van der Waals surface area contributed by atoms with E-state index < -0.39 is 0 Å². The van der Waals surface area contributed by atoms with E-state index >= 15 is 0 Å². The van der Waals surface area contributed by atoms with E-state index in [1.54, 1.807) is 14.2 Å². The van der Waals surface area contributed by atoms with Gasteiger partial charge in [0.15, 0.2) is 0 Å². The third kappa shape index (κ3) is 15.2. The summed E-state index contributed by atoms with van der Waals surface area (Å²) in [7, 11) is 3.35. The molecule has 4 heterocycles. The summed E-state index contributed by atoms with van der Waals surface area (Å²) < 4.78 is 35.5. The fourth-order valence-corrected chi connectivity index (χ4v) is 14.2. The monoisotopic (exact) mass is 1410 g/mol. The van der Waals surface area contributed by atoms with Gasteiger partial charge in [0.1, 0.15) is 0 Å². The first-order chi connectivity index (χ1) is 49.0. The first kappa shape index (κ1) is 70.2. The van der Waals surface area contributed by atoms with E-state index in [1.165, 1.54) is 126 Å². The van der Waals surface area contributed by atoms with Gasteiger partial charge in [0.2, 0.25) is 0 Å². The average Bonchev–Trinajstić information content (AvgIpc) is 1.22. The summed E-state index contributed by atoms with van der Waals surface area (Å²) in [5.74, 6) is 0. The fraction of sp³-hybridized carbons (Fsp3) is 0.182. The molecule has 0 unspecified atom stereocenters. The zero-order chi connectivity index (χ0) is 67.3. The number of ether oxygens (including phenoxy) is 5. The van der Waals surface area contributed by atoms with Crippen molar-refractivity contribution in [2.24, 2.45) is 0 Å². The number of aryl methyl sites for hydroxylation is 2. The zero-order valence-electron chi connectivity index (χ0n) is 58.1. The summed E-state index contributed by atoms with van der Waals surface area (Å²) in [6.45, 7) is 5.53.